The van der Waals surface area contributed by atoms with E-state index in [0.717, 1.165) is 16.4 Å². The van der Waals surface area contributed by atoms with Crippen molar-refractivity contribution in [2.24, 2.45) is 0 Å². The number of aryl methyl sites for hydroxylation is 2. The Kier molecular flexibility index (Phi) is 2.67. The van der Waals surface area contributed by atoms with Crippen molar-refractivity contribution in [3.05, 3.63) is 26.8 Å². The molecular formula is C9H11ClN4S. The fraction of sp³-hybridized carbons (Fsp3) is 0.333. The van der Waals surface area contributed by atoms with Gasteiger partial charge in [0.25, 0.3) is 0 Å². The monoisotopic (exact) mass is 242 g/mol. The van der Waals surface area contributed by atoms with E-state index in [9.17, 15) is 0 Å². The normalized spacial score (nSPS) is 10.9. The summed E-state index contributed by atoms with van der Waals surface area (Å²) in [5, 5.41) is 7.76. The third-order valence-electron chi connectivity index (χ3n) is 2.04. The van der Waals surface area contributed by atoms with Gasteiger partial charge >= 0.3 is 0 Å². The van der Waals surface area contributed by atoms with Gasteiger partial charge in [-0.2, -0.15) is 5.10 Å². The largest absolute Gasteiger partial charge is 0.383 e. The lowest BCUT2D eigenvalue weighted by molar-refractivity contribution is 0.685. The van der Waals surface area contributed by atoms with Crippen LogP contribution in [-0.2, 0) is 6.54 Å². The third-order valence-corrected chi connectivity index (χ3v) is 3.46. The third kappa shape index (κ3) is 1.98. The van der Waals surface area contributed by atoms with Crippen LogP contribution in [0.2, 0.25) is 5.02 Å². The smallest absolute Gasteiger partial charge is 0.141 e. The zero-order valence-electron chi connectivity index (χ0n) is 8.49. The van der Waals surface area contributed by atoms with Gasteiger partial charge in [0.1, 0.15) is 15.8 Å². The van der Waals surface area contributed by atoms with Gasteiger partial charge in [-0.05, 0) is 13.8 Å². The molecule has 80 valence electrons. The Balaban J connectivity index is 2.28. The molecule has 2 N–H and O–H groups in total. The van der Waals surface area contributed by atoms with Gasteiger partial charge in [-0.15, -0.1) is 11.3 Å². The van der Waals surface area contributed by atoms with Gasteiger partial charge in [-0.3, -0.25) is 0 Å². The van der Waals surface area contributed by atoms with Gasteiger partial charge in [0.15, 0.2) is 0 Å². The van der Waals surface area contributed by atoms with E-state index in [2.05, 4.69) is 10.1 Å². The number of aromatic nitrogens is 3. The van der Waals surface area contributed by atoms with E-state index in [1.807, 2.05) is 19.2 Å². The van der Waals surface area contributed by atoms with Crippen molar-refractivity contribution < 1.29 is 0 Å². The summed E-state index contributed by atoms with van der Waals surface area (Å²) in [5.41, 5.74) is 7.57. The number of hydrogen-bond donors (Lipinski definition) is 1. The summed E-state index contributed by atoms with van der Waals surface area (Å²) in [4.78, 5) is 4.35. The van der Waals surface area contributed by atoms with E-state index in [-0.39, 0.29) is 0 Å². The molecular weight excluding hydrogens is 232 g/mol. The fourth-order valence-corrected chi connectivity index (χ4v) is 2.19. The molecule has 0 amide bonds. The van der Waals surface area contributed by atoms with Crippen LogP contribution < -0.4 is 5.73 Å². The minimum atomic E-state index is 0.502. The van der Waals surface area contributed by atoms with Gasteiger partial charge < -0.3 is 5.73 Å². The number of halogens is 1. The summed E-state index contributed by atoms with van der Waals surface area (Å²) >= 11 is 7.54. The van der Waals surface area contributed by atoms with E-state index in [0.29, 0.717) is 17.4 Å². The van der Waals surface area contributed by atoms with Gasteiger partial charge in [0, 0.05) is 11.1 Å². The fourth-order valence-electron chi connectivity index (χ4n) is 1.30. The molecule has 0 aromatic carbocycles. The zero-order chi connectivity index (χ0) is 11.0. The van der Waals surface area contributed by atoms with Crippen LogP contribution in [0.25, 0.3) is 0 Å². The molecule has 0 aliphatic heterocycles. The molecule has 0 radical (unpaired) electrons. The molecule has 0 spiro atoms. The van der Waals surface area contributed by atoms with Crippen molar-refractivity contribution in [2.45, 2.75) is 20.4 Å². The topological polar surface area (TPSA) is 56.7 Å². The molecule has 6 heteroatoms. The molecule has 0 saturated heterocycles. The van der Waals surface area contributed by atoms with Crippen molar-refractivity contribution >= 4 is 28.8 Å². The Hall–Kier alpha value is -1.07. The minimum absolute atomic E-state index is 0.502. The van der Waals surface area contributed by atoms with Crippen LogP contribution in [0.15, 0.2) is 5.38 Å². The molecule has 0 bridgehead atoms. The summed E-state index contributed by atoms with van der Waals surface area (Å²) in [5.74, 6) is 0.502. The predicted octanol–water partition coefficient (Wildman–Crippen LogP) is 2.24. The van der Waals surface area contributed by atoms with Crippen LogP contribution in [0.5, 0.6) is 0 Å². The maximum Gasteiger partial charge on any atom is 0.141 e. The van der Waals surface area contributed by atoms with Crippen LogP contribution in [0, 0.1) is 13.8 Å². The summed E-state index contributed by atoms with van der Waals surface area (Å²) in [6, 6.07) is 0. The molecule has 15 heavy (non-hydrogen) atoms. The highest BCUT2D eigenvalue weighted by Gasteiger charge is 2.11. The first kappa shape index (κ1) is 10.4. The number of nitrogen functional groups attached to an aromatic ring is 1. The second kappa shape index (κ2) is 3.83. The van der Waals surface area contributed by atoms with Crippen LogP contribution in [0.3, 0.4) is 0 Å². The summed E-state index contributed by atoms with van der Waals surface area (Å²) < 4.78 is 1.68. The van der Waals surface area contributed by atoms with Crippen molar-refractivity contribution in [2.75, 3.05) is 5.73 Å². The average molecular weight is 243 g/mol. The molecule has 2 heterocycles. The van der Waals surface area contributed by atoms with Gasteiger partial charge in [-0.1, -0.05) is 11.6 Å². The van der Waals surface area contributed by atoms with E-state index in [4.69, 9.17) is 17.3 Å². The van der Waals surface area contributed by atoms with E-state index < -0.39 is 0 Å². The van der Waals surface area contributed by atoms with E-state index in [1.54, 1.807) is 16.0 Å². The van der Waals surface area contributed by atoms with Crippen LogP contribution in [-0.4, -0.2) is 14.8 Å². The van der Waals surface area contributed by atoms with Gasteiger partial charge in [-0.25, -0.2) is 9.67 Å². The summed E-state index contributed by atoms with van der Waals surface area (Å²) in [6.07, 6.45) is 0. The first-order valence-electron chi connectivity index (χ1n) is 4.47. The van der Waals surface area contributed by atoms with Crippen molar-refractivity contribution in [3.8, 4) is 0 Å². The lowest BCUT2D eigenvalue weighted by atomic mass is 10.5. The van der Waals surface area contributed by atoms with Gasteiger partial charge in [0.2, 0.25) is 0 Å². The molecule has 2 rings (SSSR count). The molecule has 0 aliphatic rings. The number of anilines is 1. The molecule has 0 fully saturated rings. The number of thiazole rings is 1. The Morgan fingerprint density at radius 3 is 2.73 bits per heavy atom. The Morgan fingerprint density at radius 1 is 1.53 bits per heavy atom. The molecule has 0 atom stereocenters. The molecule has 2 aromatic heterocycles. The summed E-state index contributed by atoms with van der Waals surface area (Å²) in [6.45, 7) is 4.38. The van der Waals surface area contributed by atoms with E-state index in [1.165, 1.54) is 0 Å². The van der Waals surface area contributed by atoms with Crippen molar-refractivity contribution in [1.82, 2.24) is 14.8 Å². The lowest BCUT2D eigenvalue weighted by Crippen LogP contribution is -2.05. The van der Waals surface area contributed by atoms with Crippen molar-refractivity contribution in [3.63, 3.8) is 0 Å². The second-order valence-corrected chi connectivity index (χ2v) is 4.65. The highest BCUT2D eigenvalue weighted by Crippen LogP contribution is 2.23. The maximum absolute atomic E-state index is 5.94. The highest BCUT2D eigenvalue weighted by atomic mass is 35.5. The zero-order valence-corrected chi connectivity index (χ0v) is 10.1. The minimum Gasteiger partial charge on any atom is -0.383 e. The lowest BCUT2D eigenvalue weighted by Gasteiger charge is -2.00. The molecule has 0 unspecified atom stereocenters. The first-order chi connectivity index (χ1) is 7.08. The average Bonchev–Trinajstić information content (AvgIpc) is 2.68. The predicted molar refractivity (Wildman–Crippen MR) is 62.3 cm³/mol. The van der Waals surface area contributed by atoms with Crippen LogP contribution in [0.4, 0.5) is 5.82 Å². The first-order valence-corrected chi connectivity index (χ1v) is 5.73. The number of rotatable bonds is 2. The number of hydrogen-bond acceptors (Lipinski definition) is 4. The van der Waals surface area contributed by atoms with Gasteiger partial charge in [0.05, 0.1) is 12.2 Å². The standard InChI is InChI=1S/C9H11ClN4S/c1-5-4-15-7(12-5)3-14-9(11)8(10)6(2)13-14/h4H,3,11H2,1-2H3. The van der Waals surface area contributed by atoms with Crippen molar-refractivity contribution in [1.29, 1.82) is 0 Å². The van der Waals surface area contributed by atoms with Crippen LogP contribution in [0.1, 0.15) is 16.4 Å². The second-order valence-electron chi connectivity index (χ2n) is 3.32. The number of nitrogens with two attached hydrogens (primary N) is 1. The summed E-state index contributed by atoms with van der Waals surface area (Å²) in [7, 11) is 0. The highest BCUT2D eigenvalue weighted by molar-refractivity contribution is 7.09. The molecule has 2 aromatic rings. The Labute approximate surface area is 96.7 Å². The molecule has 0 aliphatic carbocycles. The molecule has 0 saturated carbocycles. The maximum atomic E-state index is 5.94. The van der Waals surface area contributed by atoms with E-state index >= 15 is 0 Å². The quantitative estimate of drug-likeness (QED) is 0.879. The Morgan fingerprint density at radius 2 is 2.27 bits per heavy atom. The SMILES string of the molecule is Cc1csc(Cn2nc(C)c(Cl)c2N)n1. The molecule has 4 nitrogen and oxygen atoms in total. The Bertz CT molecular complexity index is 488. The van der Waals surface area contributed by atoms with Crippen LogP contribution >= 0.6 is 22.9 Å². The number of nitrogens with zero attached hydrogens (tertiary/aromatic N) is 3.